The van der Waals surface area contributed by atoms with E-state index in [-0.39, 0.29) is 11.7 Å². The molecule has 1 aliphatic carbocycles. The predicted molar refractivity (Wildman–Crippen MR) is 92.0 cm³/mol. The van der Waals surface area contributed by atoms with Crippen molar-refractivity contribution in [1.82, 2.24) is 10.2 Å². The lowest BCUT2D eigenvalue weighted by Gasteiger charge is -2.40. The van der Waals surface area contributed by atoms with Crippen molar-refractivity contribution in [2.24, 2.45) is 0 Å². The van der Waals surface area contributed by atoms with Crippen LogP contribution in [0.1, 0.15) is 51.5 Å². The Morgan fingerprint density at radius 2 is 1.91 bits per heavy atom. The molecule has 0 aromatic heterocycles. The third kappa shape index (κ3) is 4.11. The van der Waals surface area contributed by atoms with Crippen LogP contribution in [0.2, 0.25) is 0 Å². The van der Waals surface area contributed by atoms with Crippen LogP contribution < -0.4 is 5.32 Å². The second-order valence-corrected chi connectivity index (χ2v) is 6.41. The molecule has 1 aromatic carbocycles. The number of unbranched alkanes of at least 4 members (excludes halogenated alkanes) is 1. The van der Waals surface area contributed by atoms with Crippen molar-refractivity contribution in [2.75, 3.05) is 26.2 Å². The van der Waals surface area contributed by atoms with Crippen LogP contribution in [-0.2, 0) is 10.2 Å². The summed E-state index contributed by atoms with van der Waals surface area (Å²) in [6.07, 6.45) is 4.53. The fourth-order valence-electron chi connectivity index (χ4n) is 3.37. The Hall–Kier alpha value is -1.42. The van der Waals surface area contributed by atoms with Crippen LogP contribution in [0.15, 0.2) is 24.3 Å². The van der Waals surface area contributed by atoms with Crippen LogP contribution in [-0.4, -0.2) is 37.0 Å². The molecule has 0 saturated heterocycles. The number of rotatable bonds is 9. The molecule has 1 aromatic rings. The molecule has 128 valence electrons. The highest BCUT2D eigenvalue weighted by Gasteiger charge is 2.46. The average Bonchev–Trinajstić information content (AvgIpc) is 2.51. The highest BCUT2D eigenvalue weighted by molar-refractivity contribution is 5.89. The number of carbonyl (C=O) groups excluding carboxylic acids is 1. The van der Waals surface area contributed by atoms with Crippen molar-refractivity contribution in [3.63, 3.8) is 0 Å². The van der Waals surface area contributed by atoms with E-state index in [0.29, 0.717) is 12.1 Å². The second kappa shape index (κ2) is 8.44. The minimum Gasteiger partial charge on any atom is -0.355 e. The van der Waals surface area contributed by atoms with Gasteiger partial charge in [0.1, 0.15) is 5.82 Å². The summed E-state index contributed by atoms with van der Waals surface area (Å²) in [5.74, 6) is -0.263. The first-order valence-corrected chi connectivity index (χ1v) is 8.89. The normalized spacial score (nSPS) is 16.2. The first-order valence-electron chi connectivity index (χ1n) is 8.89. The van der Waals surface area contributed by atoms with Gasteiger partial charge < -0.3 is 10.2 Å². The van der Waals surface area contributed by atoms with Gasteiger partial charge in [-0.3, -0.25) is 4.79 Å². The molecule has 0 unspecified atom stereocenters. The van der Waals surface area contributed by atoms with E-state index in [1.165, 1.54) is 6.07 Å². The van der Waals surface area contributed by atoms with Crippen LogP contribution in [0.25, 0.3) is 0 Å². The minimum atomic E-state index is -0.635. The predicted octanol–water partition coefficient (Wildman–Crippen LogP) is 3.49. The third-order valence-electron chi connectivity index (χ3n) is 5.11. The molecular formula is C19H29FN2O. The summed E-state index contributed by atoms with van der Waals surface area (Å²) in [7, 11) is 0. The minimum absolute atomic E-state index is 0.00307. The van der Waals surface area contributed by atoms with Gasteiger partial charge in [0.05, 0.1) is 5.41 Å². The lowest BCUT2D eigenvalue weighted by molar-refractivity contribution is -0.130. The zero-order valence-corrected chi connectivity index (χ0v) is 14.4. The van der Waals surface area contributed by atoms with Crippen molar-refractivity contribution in [3.05, 3.63) is 35.6 Å². The smallest absolute Gasteiger partial charge is 0.230 e. The molecule has 4 heteroatoms. The number of nitrogens with one attached hydrogen (secondary N) is 1. The molecule has 1 N–H and O–H groups in total. The van der Waals surface area contributed by atoms with Crippen LogP contribution >= 0.6 is 0 Å². The number of nitrogens with zero attached hydrogens (tertiary/aromatic N) is 1. The van der Waals surface area contributed by atoms with E-state index in [1.54, 1.807) is 12.1 Å². The lowest BCUT2D eigenvalue weighted by atomic mass is 9.63. The molecular weight excluding hydrogens is 291 g/mol. The van der Waals surface area contributed by atoms with Crippen LogP contribution in [0, 0.1) is 5.82 Å². The van der Waals surface area contributed by atoms with E-state index in [4.69, 9.17) is 0 Å². The Morgan fingerprint density at radius 3 is 2.48 bits per heavy atom. The fraction of sp³-hybridized carbons (Fsp3) is 0.632. The molecule has 1 amide bonds. The molecule has 1 saturated carbocycles. The summed E-state index contributed by atoms with van der Waals surface area (Å²) < 4.78 is 14.1. The SMILES string of the molecule is CCN(CC)CCCCNC(=O)C1(c2ccccc2F)CCC1. The maximum absolute atomic E-state index is 14.1. The first-order chi connectivity index (χ1) is 11.1. The quantitative estimate of drug-likeness (QED) is 0.707. The van der Waals surface area contributed by atoms with Crippen molar-refractivity contribution in [3.8, 4) is 0 Å². The topological polar surface area (TPSA) is 32.3 Å². The highest BCUT2D eigenvalue weighted by Crippen LogP contribution is 2.44. The molecule has 1 aliphatic rings. The van der Waals surface area contributed by atoms with Gasteiger partial charge in [-0.15, -0.1) is 0 Å². The van der Waals surface area contributed by atoms with E-state index < -0.39 is 5.41 Å². The van der Waals surface area contributed by atoms with Gasteiger partial charge in [-0.1, -0.05) is 38.5 Å². The largest absolute Gasteiger partial charge is 0.355 e. The molecule has 0 atom stereocenters. The standard InChI is InChI=1S/C19H29FN2O/c1-3-22(4-2)15-8-7-14-21-18(23)19(12-9-13-19)16-10-5-6-11-17(16)20/h5-6,10-11H,3-4,7-9,12-15H2,1-2H3,(H,21,23). The molecule has 23 heavy (non-hydrogen) atoms. The Balaban J connectivity index is 1.84. The van der Waals surface area contributed by atoms with Gasteiger partial charge in [-0.25, -0.2) is 4.39 Å². The molecule has 3 nitrogen and oxygen atoms in total. The summed E-state index contributed by atoms with van der Waals surface area (Å²) in [6.45, 7) is 8.22. The van der Waals surface area contributed by atoms with Gasteiger partial charge in [0.15, 0.2) is 0 Å². The van der Waals surface area contributed by atoms with E-state index in [2.05, 4.69) is 24.1 Å². The maximum atomic E-state index is 14.1. The van der Waals surface area contributed by atoms with E-state index in [0.717, 1.165) is 51.7 Å². The summed E-state index contributed by atoms with van der Waals surface area (Å²) >= 11 is 0. The zero-order valence-electron chi connectivity index (χ0n) is 14.4. The van der Waals surface area contributed by atoms with Crippen LogP contribution in [0.4, 0.5) is 4.39 Å². The van der Waals surface area contributed by atoms with Gasteiger partial charge >= 0.3 is 0 Å². The Labute approximate surface area is 139 Å². The van der Waals surface area contributed by atoms with Gasteiger partial charge in [0.2, 0.25) is 5.91 Å². The van der Waals surface area contributed by atoms with Crippen molar-refractivity contribution < 1.29 is 9.18 Å². The fourth-order valence-corrected chi connectivity index (χ4v) is 3.37. The Morgan fingerprint density at radius 1 is 1.22 bits per heavy atom. The molecule has 0 aliphatic heterocycles. The highest BCUT2D eigenvalue weighted by atomic mass is 19.1. The average molecular weight is 320 g/mol. The van der Waals surface area contributed by atoms with Gasteiger partial charge in [0.25, 0.3) is 0 Å². The Bertz CT molecular complexity index is 510. The van der Waals surface area contributed by atoms with E-state index in [1.807, 2.05) is 6.07 Å². The zero-order chi connectivity index (χ0) is 16.7. The number of amides is 1. The molecule has 0 bridgehead atoms. The van der Waals surface area contributed by atoms with Gasteiger partial charge in [-0.2, -0.15) is 0 Å². The summed E-state index contributed by atoms with van der Waals surface area (Å²) in [6, 6.07) is 6.70. The third-order valence-corrected chi connectivity index (χ3v) is 5.11. The van der Waals surface area contributed by atoms with E-state index >= 15 is 0 Å². The summed E-state index contributed by atoms with van der Waals surface area (Å²) in [5.41, 5.74) is -0.0728. The number of hydrogen-bond donors (Lipinski definition) is 1. The van der Waals surface area contributed by atoms with Crippen molar-refractivity contribution in [2.45, 2.75) is 51.4 Å². The number of benzene rings is 1. The molecule has 0 spiro atoms. The van der Waals surface area contributed by atoms with Gasteiger partial charge in [0, 0.05) is 12.1 Å². The summed E-state index contributed by atoms with van der Waals surface area (Å²) in [4.78, 5) is 15.0. The first kappa shape index (κ1) is 17.9. The molecule has 0 heterocycles. The lowest BCUT2D eigenvalue weighted by Crippen LogP contribution is -2.50. The van der Waals surface area contributed by atoms with Crippen molar-refractivity contribution in [1.29, 1.82) is 0 Å². The number of halogens is 1. The van der Waals surface area contributed by atoms with Crippen LogP contribution in [0.3, 0.4) is 0 Å². The molecule has 0 radical (unpaired) electrons. The molecule has 2 rings (SSSR count). The Kier molecular flexibility index (Phi) is 6.58. The molecule has 1 fully saturated rings. The number of hydrogen-bond acceptors (Lipinski definition) is 2. The second-order valence-electron chi connectivity index (χ2n) is 6.41. The monoisotopic (exact) mass is 320 g/mol. The van der Waals surface area contributed by atoms with Gasteiger partial charge in [-0.05, 0) is 51.4 Å². The summed E-state index contributed by atoms with van der Waals surface area (Å²) in [5, 5.41) is 3.04. The number of carbonyl (C=O) groups is 1. The van der Waals surface area contributed by atoms with Crippen LogP contribution in [0.5, 0.6) is 0 Å². The maximum Gasteiger partial charge on any atom is 0.230 e. The van der Waals surface area contributed by atoms with E-state index in [9.17, 15) is 9.18 Å². The van der Waals surface area contributed by atoms with Crippen molar-refractivity contribution >= 4 is 5.91 Å².